The van der Waals surface area contributed by atoms with Crippen molar-refractivity contribution in [3.63, 3.8) is 0 Å². The SMILES string of the molecule is CCOC(=O)Nc1ccc(C)c(OC(C)C2=NCCN2)c1C.CCOC(=O)Nc1ccc(C)c(OC(C)C2=NCCN2)c1C.O. The summed E-state index contributed by atoms with van der Waals surface area (Å²) in [5.74, 6) is 3.25. The number of hydrogen-bond donors (Lipinski definition) is 4. The Morgan fingerprint density at radius 3 is 1.42 bits per heavy atom. The Morgan fingerprint density at radius 2 is 1.11 bits per heavy atom. The number of nitrogens with one attached hydrogen (secondary N) is 4. The topological polar surface area (TPSA) is 175 Å². The van der Waals surface area contributed by atoms with Crippen LogP contribution >= 0.6 is 0 Å². The van der Waals surface area contributed by atoms with Gasteiger partial charge in [-0.25, -0.2) is 9.59 Å². The van der Waals surface area contributed by atoms with Gasteiger partial charge in [0, 0.05) is 24.2 Å². The fraction of sp³-hybridized carbons (Fsp3) is 0.500. The van der Waals surface area contributed by atoms with Gasteiger partial charge in [0.05, 0.1) is 37.7 Å². The monoisotopic (exact) mass is 628 g/mol. The number of carbonyl (C=O) groups is 2. The Balaban J connectivity index is 0.000000307. The van der Waals surface area contributed by atoms with E-state index in [-0.39, 0.29) is 17.7 Å². The predicted molar refractivity (Wildman–Crippen MR) is 178 cm³/mol. The molecule has 0 saturated heterocycles. The molecule has 6 N–H and O–H groups in total. The standard InChI is InChI=1S/2C16H23N3O3.H2O/c2*1-5-21-16(20)19-13-7-6-10(2)14(11(13)3)22-12(4)15-17-8-9-18-15;/h2*6-7,12H,5,8-9H2,1-4H3,(H,17,18)(H,19,20);1H2. The molecule has 45 heavy (non-hydrogen) atoms. The molecule has 2 atom stereocenters. The summed E-state index contributed by atoms with van der Waals surface area (Å²) in [6.07, 6.45) is -1.24. The number of anilines is 2. The molecule has 0 radical (unpaired) electrons. The van der Waals surface area contributed by atoms with Crippen LogP contribution in [0.5, 0.6) is 11.5 Å². The van der Waals surface area contributed by atoms with Crippen molar-refractivity contribution >= 4 is 35.2 Å². The lowest BCUT2D eigenvalue weighted by Crippen LogP contribution is -2.33. The third-order valence-corrected chi connectivity index (χ3v) is 6.99. The number of nitrogens with zero attached hydrogens (tertiary/aromatic N) is 2. The van der Waals surface area contributed by atoms with E-state index in [0.717, 1.165) is 71.6 Å². The summed E-state index contributed by atoms with van der Waals surface area (Å²) in [4.78, 5) is 31.9. The summed E-state index contributed by atoms with van der Waals surface area (Å²) in [5, 5.41) is 11.9. The third kappa shape index (κ3) is 10.3. The lowest BCUT2D eigenvalue weighted by Gasteiger charge is -2.20. The Kier molecular flexibility index (Phi) is 14.4. The van der Waals surface area contributed by atoms with Crippen molar-refractivity contribution in [3.05, 3.63) is 46.5 Å². The van der Waals surface area contributed by atoms with Gasteiger partial charge in [0.25, 0.3) is 0 Å². The average Bonchev–Trinajstić information content (AvgIpc) is 3.72. The molecule has 2 unspecified atom stereocenters. The summed E-state index contributed by atoms with van der Waals surface area (Å²) >= 11 is 0. The summed E-state index contributed by atoms with van der Waals surface area (Å²) in [6.45, 7) is 19.2. The van der Waals surface area contributed by atoms with Crippen LogP contribution in [0, 0.1) is 27.7 Å². The molecule has 0 aliphatic carbocycles. The highest BCUT2D eigenvalue weighted by Gasteiger charge is 2.20. The van der Waals surface area contributed by atoms with Gasteiger partial charge in [0.1, 0.15) is 23.2 Å². The van der Waals surface area contributed by atoms with Crippen molar-refractivity contribution in [2.75, 3.05) is 50.0 Å². The Hall–Kier alpha value is -4.52. The Morgan fingerprint density at radius 1 is 0.733 bits per heavy atom. The van der Waals surface area contributed by atoms with E-state index < -0.39 is 12.2 Å². The van der Waals surface area contributed by atoms with Gasteiger partial charge in [-0.3, -0.25) is 20.6 Å². The molecule has 2 aliphatic rings. The molecular formula is C32H48N6O7. The van der Waals surface area contributed by atoms with Crippen molar-refractivity contribution in [1.82, 2.24) is 10.6 Å². The molecule has 2 heterocycles. The van der Waals surface area contributed by atoms with Crippen molar-refractivity contribution in [2.45, 2.75) is 67.6 Å². The quantitative estimate of drug-likeness (QED) is 0.298. The fourth-order valence-corrected chi connectivity index (χ4v) is 4.68. The van der Waals surface area contributed by atoms with Gasteiger partial charge in [-0.05, 0) is 78.6 Å². The van der Waals surface area contributed by atoms with Crippen LogP contribution in [0.4, 0.5) is 21.0 Å². The first kappa shape index (κ1) is 36.7. The number of carbonyl (C=O) groups excluding carboxylic acids is 2. The highest BCUT2D eigenvalue weighted by atomic mass is 16.6. The first-order chi connectivity index (χ1) is 21.0. The summed E-state index contributed by atoms with van der Waals surface area (Å²) in [6, 6.07) is 7.54. The normalized spacial score (nSPS) is 14.5. The molecule has 2 aromatic rings. The van der Waals surface area contributed by atoms with Crippen molar-refractivity contribution in [1.29, 1.82) is 0 Å². The van der Waals surface area contributed by atoms with Crippen LogP contribution in [0.1, 0.15) is 49.9 Å². The number of benzene rings is 2. The molecule has 13 nitrogen and oxygen atoms in total. The van der Waals surface area contributed by atoms with Crippen LogP contribution in [-0.2, 0) is 9.47 Å². The van der Waals surface area contributed by atoms with Crippen LogP contribution in [0.3, 0.4) is 0 Å². The second kappa shape index (κ2) is 17.7. The van der Waals surface area contributed by atoms with Gasteiger partial charge in [-0.15, -0.1) is 0 Å². The van der Waals surface area contributed by atoms with Crippen LogP contribution in [0.2, 0.25) is 0 Å². The zero-order valence-electron chi connectivity index (χ0n) is 27.6. The molecule has 0 aromatic heterocycles. The van der Waals surface area contributed by atoms with Crippen LogP contribution < -0.4 is 30.7 Å². The van der Waals surface area contributed by atoms with E-state index in [2.05, 4.69) is 31.3 Å². The predicted octanol–water partition coefficient (Wildman–Crippen LogP) is 4.46. The van der Waals surface area contributed by atoms with Crippen LogP contribution in [0.15, 0.2) is 34.3 Å². The highest BCUT2D eigenvalue weighted by Crippen LogP contribution is 2.32. The number of ether oxygens (including phenoxy) is 4. The number of aryl methyl sites for hydroxylation is 2. The van der Waals surface area contributed by atoms with Gasteiger partial charge in [-0.2, -0.15) is 0 Å². The Labute approximate surface area is 265 Å². The van der Waals surface area contributed by atoms with Gasteiger partial charge in [-0.1, -0.05) is 12.1 Å². The first-order valence-electron chi connectivity index (χ1n) is 15.0. The van der Waals surface area contributed by atoms with Gasteiger partial charge in [0.2, 0.25) is 0 Å². The average molecular weight is 629 g/mol. The van der Waals surface area contributed by atoms with Gasteiger partial charge in [0.15, 0.2) is 12.2 Å². The summed E-state index contributed by atoms with van der Waals surface area (Å²) in [7, 11) is 0. The molecule has 2 amide bonds. The number of hydrogen-bond acceptors (Lipinski definition) is 10. The minimum atomic E-state index is -0.463. The van der Waals surface area contributed by atoms with E-state index in [1.807, 2.05) is 65.8 Å². The first-order valence-corrected chi connectivity index (χ1v) is 15.0. The maximum atomic E-state index is 11.6. The number of aliphatic imine (C=N–C) groups is 2. The molecule has 0 fully saturated rings. The molecule has 0 spiro atoms. The number of rotatable bonds is 10. The highest BCUT2D eigenvalue weighted by molar-refractivity contribution is 5.89. The molecule has 4 rings (SSSR count). The van der Waals surface area contributed by atoms with E-state index in [9.17, 15) is 9.59 Å². The lowest BCUT2D eigenvalue weighted by molar-refractivity contribution is 0.167. The second-order valence-electron chi connectivity index (χ2n) is 10.4. The second-order valence-corrected chi connectivity index (χ2v) is 10.4. The largest absolute Gasteiger partial charge is 0.482 e. The Bertz CT molecular complexity index is 1270. The maximum absolute atomic E-state index is 11.6. The number of amidine groups is 2. The van der Waals surface area contributed by atoms with Crippen molar-refractivity contribution < 1.29 is 34.0 Å². The van der Waals surface area contributed by atoms with Crippen molar-refractivity contribution in [3.8, 4) is 11.5 Å². The molecule has 13 heteroatoms. The van der Waals surface area contributed by atoms with Crippen LogP contribution in [-0.4, -0.2) is 80.9 Å². The van der Waals surface area contributed by atoms with E-state index in [1.165, 1.54) is 0 Å². The maximum Gasteiger partial charge on any atom is 0.411 e. The van der Waals surface area contributed by atoms with Crippen LogP contribution in [0.25, 0.3) is 0 Å². The molecule has 2 aliphatic heterocycles. The van der Waals surface area contributed by atoms with E-state index in [1.54, 1.807) is 13.8 Å². The van der Waals surface area contributed by atoms with Gasteiger partial charge >= 0.3 is 12.2 Å². The lowest BCUT2D eigenvalue weighted by atomic mass is 10.1. The van der Waals surface area contributed by atoms with Gasteiger partial charge < -0.3 is 35.1 Å². The van der Waals surface area contributed by atoms with E-state index >= 15 is 0 Å². The molecule has 2 aromatic carbocycles. The zero-order valence-corrected chi connectivity index (χ0v) is 27.6. The molecule has 0 saturated carbocycles. The minimum Gasteiger partial charge on any atom is -0.482 e. The van der Waals surface area contributed by atoms with Crippen molar-refractivity contribution in [2.24, 2.45) is 9.98 Å². The molecule has 248 valence electrons. The zero-order chi connectivity index (χ0) is 32.2. The third-order valence-electron chi connectivity index (χ3n) is 6.99. The number of amides is 2. The summed E-state index contributed by atoms with van der Waals surface area (Å²) < 4.78 is 21.9. The summed E-state index contributed by atoms with van der Waals surface area (Å²) in [5.41, 5.74) is 5.15. The minimum absolute atomic E-state index is 0. The molecular weight excluding hydrogens is 580 g/mol. The van der Waals surface area contributed by atoms with E-state index in [4.69, 9.17) is 18.9 Å². The fourth-order valence-electron chi connectivity index (χ4n) is 4.68. The van der Waals surface area contributed by atoms with E-state index in [0.29, 0.717) is 24.6 Å². The molecule has 0 bridgehead atoms. The smallest absolute Gasteiger partial charge is 0.411 e.